The molecule has 1 N–H and O–H groups in total. The van der Waals surface area contributed by atoms with Crippen LogP contribution in [-0.2, 0) is 16.6 Å². The lowest BCUT2D eigenvalue weighted by atomic mass is 10.7. The maximum absolute atomic E-state index is 12.0. The second-order valence-electron chi connectivity index (χ2n) is 3.92. The van der Waals surface area contributed by atoms with Gasteiger partial charge in [-0.05, 0) is 12.8 Å². The van der Waals surface area contributed by atoms with Crippen molar-refractivity contribution in [3.05, 3.63) is 12.4 Å². The zero-order chi connectivity index (χ0) is 11.8. The molecule has 0 atom stereocenters. The normalized spacial score (nSPS) is 16.9. The van der Waals surface area contributed by atoms with Gasteiger partial charge in [-0.1, -0.05) is 0 Å². The average Bonchev–Trinajstić information content (AvgIpc) is 2.98. The number of hydrogen-bond acceptors (Lipinski definition) is 4. The molecule has 1 fully saturated rings. The quantitative estimate of drug-likeness (QED) is 0.770. The van der Waals surface area contributed by atoms with Gasteiger partial charge in [0.2, 0.25) is 10.0 Å². The van der Waals surface area contributed by atoms with Crippen LogP contribution < -0.4 is 0 Å². The molecule has 0 spiro atoms. The van der Waals surface area contributed by atoms with E-state index in [0.717, 1.165) is 12.8 Å². The Morgan fingerprint density at radius 3 is 2.88 bits per heavy atom. The van der Waals surface area contributed by atoms with Crippen molar-refractivity contribution in [3.63, 3.8) is 0 Å². The number of aromatic nitrogens is 2. The molecule has 1 aliphatic carbocycles. The predicted octanol–water partition coefficient (Wildman–Crippen LogP) is -0.342. The van der Waals surface area contributed by atoms with Crippen LogP contribution in [0.25, 0.3) is 0 Å². The summed E-state index contributed by atoms with van der Waals surface area (Å²) in [6.45, 7) is 0.252. The zero-order valence-electron chi connectivity index (χ0n) is 9.07. The summed E-state index contributed by atoms with van der Waals surface area (Å²) in [4.78, 5) is 0.190. The molecule has 16 heavy (non-hydrogen) atoms. The first kappa shape index (κ1) is 11.6. The van der Waals surface area contributed by atoms with Gasteiger partial charge >= 0.3 is 0 Å². The first-order chi connectivity index (χ1) is 7.55. The molecule has 0 radical (unpaired) electrons. The Labute approximate surface area is 94.5 Å². The SMILES string of the molecule is CN(C1CC1)S(=O)(=O)c1cnn(CCO)c1. The van der Waals surface area contributed by atoms with Crippen molar-refractivity contribution in [2.45, 2.75) is 30.3 Å². The second-order valence-corrected chi connectivity index (χ2v) is 5.91. The van der Waals surface area contributed by atoms with Gasteiger partial charge in [-0.3, -0.25) is 4.68 Å². The van der Waals surface area contributed by atoms with Gasteiger partial charge in [0.15, 0.2) is 0 Å². The van der Waals surface area contributed by atoms with Crippen molar-refractivity contribution in [2.75, 3.05) is 13.7 Å². The van der Waals surface area contributed by atoms with Gasteiger partial charge < -0.3 is 5.11 Å². The van der Waals surface area contributed by atoms with Crippen LogP contribution in [0.1, 0.15) is 12.8 Å². The molecule has 1 saturated carbocycles. The van der Waals surface area contributed by atoms with Crippen LogP contribution in [0.3, 0.4) is 0 Å². The van der Waals surface area contributed by atoms with E-state index in [9.17, 15) is 8.42 Å². The van der Waals surface area contributed by atoms with Crippen LogP contribution >= 0.6 is 0 Å². The van der Waals surface area contributed by atoms with Crippen LogP contribution in [0.4, 0.5) is 0 Å². The van der Waals surface area contributed by atoms with Crippen molar-refractivity contribution in [1.29, 1.82) is 0 Å². The van der Waals surface area contributed by atoms with Crippen molar-refractivity contribution in [1.82, 2.24) is 14.1 Å². The molecule has 1 heterocycles. The smallest absolute Gasteiger partial charge is 0.246 e. The standard InChI is InChI=1S/C9H15N3O3S/c1-11(8-2-3-8)16(14,15)9-6-10-12(7-9)4-5-13/h6-8,13H,2-5H2,1H3. The van der Waals surface area contributed by atoms with Gasteiger partial charge in [-0.2, -0.15) is 9.40 Å². The Balaban J connectivity index is 2.21. The second kappa shape index (κ2) is 4.15. The van der Waals surface area contributed by atoms with E-state index >= 15 is 0 Å². The Morgan fingerprint density at radius 2 is 2.31 bits per heavy atom. The minimum Gasteiger partial charge on any atom is -0.394 e. The minimum absolute atomic E-state index is 0.0559. The predicted molar refractivity (Wildman–Crippen MR) is 57.3 cm³/mol. The summed E-state index contributed by atoms with van der Waals surface area (Å²) in [6.07, 6.45) is 4.63. The number of hydrogen-bond donors (Lipinski definition) is 1. The minimum atomic E-state index is -3.40. The molecular formula is C9H15N3O3S. The molecule has 0 bridgehead atoms. The third-order valence-electron chi connectivity index (χ3n) is 2.68. The number of nitrogens with zero attached hydrogens (tertiary/aromatic N) is 3. The number of aliphatic hydroxyl groups excluding tert-OH is 1. The molecule has 90 valence electrons. The van der Waals surface area contributed by atoms with E-state index in [1.165, 1.54) is 21.4 Å². The lowest BCUT2D eigenvalue weighted by Gasteiger charge is -2.14. The lowest BCUT2D eigenvalue weighted by molar-refractivity contribution is 0.269. The summed E-state index contributed by atoms with van der Waals surface area (Å²) in [5.41, 5.74) is 0. The van der Waals surface area contributed by atoms with E-state index in [1.807, 2.05) is 0 Å². The zero-order valence-corrected chi connectivity index (χ0v) is 9.89. The molecule has 0 amide bonds. The molecule has 0 unspecified atom stereocenters. The van der Waals surface area contributed by atoms with E-state index in [4.69, 9.17) is 5.11 Å². The van der Waals surface area contributed by atoms with Crippen molar-refractivity contribution in [2.24, 2.45) is 0 Å². The maximum atomic E-state index is 12.0. The lowest BCUT2D eigenvalue weighted by Crippen LogP contribution is -2.28. The Kier molecular flexibility index (Phi) is 3.00. The number of rotatable bonds is 5. The molecule has 6 nitrogen and oxygen atoms in total. The molecule has 0 aromatic carbocycles. The third-order valence-corrected chi connectivity index (χ3v) is 4.54. The summed E-state index contributed by atoms with van der Waals surface area (Å²) < 4.78 is 26.9. The van der Waals surface area contributed by atoms with Crippen molar-refractivity contribution in [3.8, 4) is 0 Å². The fourth-order valence-corrected chi connectivity index (χ4v) is 2.87. The van der Waals surface area contributed by atoms with Crippen LogP contribution in [0.5, 0.6) is 0 Å². The van der Waals surface area contributed by atoms with Gasteiger partial charge in [0.25, 0.3) is 0 Å². The van der Waals surface area contributed by atoms with Crippen LogP contribution in [0.2, 0.25) is 0 Å². The summed E-state index contributed by atoms with van der Waals surface area (Å²) in [7, 11) is -1.81. The highest BCUT2D eigenvalue weighted by Gasteiger charge is 2.35. The molecule has 1 aromatic heterocycles. The highest BCUT2D eigenvalue weighted by molar-refractivity contribution is 7.89. The number of aliphatic hydroxyl groups is 1. The van der Waals surface area contributed by atoms with Crippen LogP contribution in [-0.4, -0.2) is 47.3 Å². The van der Waals surface area contributed by atoms with Crippen LogP contribution in [0.15, 0.2) is 17.3 Å². The Hall–Kier alpha value is -0.920. The molecule has 2 rings (SSSR count). The highest BCUT2D eigenvalue weighted by Crippen LogP contribution is 2.30. The third kappa shape index (κ3) is 2.11. The molecule has 1 aliphatic rings. The van der Waals surface area contributed by atoms with Gasteiger partial charge in [0, 0.05) is 19.3 Å². The van der Waals surface area contributed by atoms with Crippen molar-refractivity contribution >= 4 is 10.0 Å². The van der Waals surface area contributed by atoms with Crippen LogP contribution in [0, 0.1) is 0 Å². The average molecular weight is 245 g/mol. The van der Waals surface area contributed by atoms with Gasteiger partial charge in [0.05, 0.1) is 19.3 Å². The maximum Gasteiger partial charge on any atom is 0.246 e. The molecular weight excluding hydrogens is 230 g/mol. The first-order valence-corrected chi connectivity index (χ1v) is 6.61. The van der Waals surface area contributed by atoms with E-state index in [1.54, 1.807) is 7.05 Å². The van der Waals surface area contributed by atoms with Gasteiger partial charge in [-0.15, -0.1) is 0 Å². The summed E-state index contributed by atoms with van der Waals surface area (Å²) in [5.74, 6) is 0. The summed E-state index contributed by atoms with van der Waals surface area (Å²) >= 11 is 0. The molecule has 0 aliphatic heterocycles. The fourth-order valence-electron chi connectivity index (χ4n) is 1.50. The molecule has 7 heteroatoms. The summed E-state index contributed by atoms with van der Waals surface area (Å²) in [6, 6.07) is 0.145. The van der Waals surface area contributed by atoms with E-state index < -0.39 is 10.0 Å². The van der Waals surface area contributed by atoms with E-state index in [-0.39, 0.29) is 17.5 Å². The van der Waals surface area contributed by atoms with Crippen molar-refractivity contribution < 1.29 is 13.5 Å². The van der Waals surface area contributed by atoms with Gasteiger partial charge in [0.1, 0.15) is 4.90 Å². The first-order valence-electron chi connectivity index (χ1n) is 5.17. The molecule has 0 saturated heterocycles. The number of sulfonamides is 1. The van der Waals surface area contributed by atoms with Gasteiger partial charge in [-0.25, -0.2) is 8.42 Å². The molecule has 1 aromatic rings. The topological polar surface area (TPSA) is 75.4 Å². The highest BCUT2D eigenvalue weighted by atomic mass is 32.2. The monoisotopic (exact) mass is 245 g/mol. The fraction of sp³-hybridized carbons (Fsp3) is 0.667. The Morgan fingerprint density at radius 1 is 1.62 bits per heavy atom. The largest absolute Gasteiger partial charge is 0.394 e. The van der Waals surface area contributed by atoms with E-state index in [2.05, 4.69) is 5.10 Å². The Bertz CT molecular complexity index is 464. The van der Waals surface area contributed by atoms with E-state index in [0.29, 0.717) is 6.54 Å². The summed E-state index contributed by atoms with van der Waals surface area (Å²) in [5, 5.41) is 12.6.